The summed E-state index contributed by atoms with van der Waals surface area (Å²) in [6.45, 7) is 7.17. The molecule has 6 rings (SSSR count). The molecule has 36 heavy (non-hydrogen) atoms. The second kappa shape index (κ2) is 10.1. The molecule has 1 aromatic heterocycles. The summed E-state index contributed by atoms with van der Waals surface area (Å²) in [5.41, 5.74) is 12.5. The highest BCUT2D eigenvalue weighted by Crippen LogP contribution is 2.35. The normalized spacial score (nSPS) is 19.5. The first-order valence-electron chi connectivity index (χ1n) is 13.4. The van der Waals surface area contributed by atoms with Crippen LogP contribution in [0.5, 0.6) is 0 Å². The highest BCUT2D eigenvalue weighted by atomic mass is 19.1. The van der Waals surface area contributed by atoms with E-state index in [4.69, 9.17) is 5.73 Å². The second-order valence-electron chi connectivity index (χ2n) is 10.4. The number of rotatable bonds is 6. The summed E-state index contributed by atoms with van der Waals surface area (Å²) >= 11 is 0. The Morgan fingerprint density at radius 1 is 0.833 bits per heavy atom. The van der Waals surface area contributed by atoms with E-state index in [9.17, 15) is 4.39 Å². The number of fused-ring (bicyclic) bond motifs is 1. The Morgan fingerprint density at radius 3 is 2.31 bits per heavy atom. The quantitative estimate of drug-likeness (QED) is 0.560. The summed E-state index contributed by atoms with van der Waals surface area (Å²) in [5, 5.41) is 0. The zero-order valence-corrected chi connectivity index (χ0v) is 20.9. The number of hydrogen-bond donors (Lipinski definition) is 1. The number of aromatic nitrogens is 2. The Hall–Kier alpha value is -3.03. The van der Waals surface area contributed by atoms with Crippen LogP contribution in [0.3, 0.4) is 0 Å². The molecule has 2 saturated heterocycles. The average Bonchev–Trinajstić information content (AvgIpc) is 2.89. The van der Waals surface area contributed by atoms with Gasteiger partial charge in [0.25, 0.3) is 0 Å². The first-order chi connectivity index (χ1) is 17.7. The minimum absolute atomic E-state index is 0.264. The molecule has 0 amide bonds. The predicted molar refractivity (Wildman–Crippen MR) is 143 cm³/mol. The number of anilines is 2. The van der Waals surface area contributed by atoms with Gasteiger partial charge in [0.2, 0.25) is 0 Å². The van der Waals surface area contributed by atoms with E-state index in [0.29, 0.717) is 11.9 Å². The van der Waals surface area contributed by atoms with Gasteiger partial charge in [-0.1, -0.05) is 30.3 Å². The molecule has 3 aliphatic rings. The van der Waals surface area contributed by atoms with E-state index in [2.05, 4.69) is 42.9 Å². The number of aryl methyl sites for hydroxylation is 2. The smallest absolute Gasteiger partial charge is 0.142 e. The summed E-state index contributed by atoms with van der Waals surface area (Å²) in [6.07, 6.45) is 7.91. The molecule has 1 unspecified atom stereocenters. The standard InChI is InChI=1S/C29H35FN6/c30-25-10-8-22(9-11-25)27-28(31)32-20-33-29(27)36-16-14-35(15-17-36)26(19-34-12-3-13-34)24-7-6-21-4-1-2-5-23(21)18-24/h6-11,18,20,26H,1-5,12-17,19H2,(H2,31,32,33). The maximum Gasteiger partial charge on any atom is 0.142 e. The molecule has 2 N–H and O–H groups in total. The monoisotopic (exact) mass is 486 g/mol. The van der Waals surface area contributed by atoms with Crippen LogP contribution in [0.2, 0.25) is 0 Å². The fourth-order valence-corrected chi connectivity index (χ4v) is 5.97. The number of nitrogens with two attached hydrogens (primary N) is 1. The van der Waals surface area contributed by atoms with Gasteiger partial charge in [-0.25, -0.2) is 14.4 Å². The van der Waals surface area contributed by atoms with Gasteiger partial charge in [-0.15, -0.1) is 0 Å². The molecule has 188 valence electrons. The third kappa shape index (κ3) is 4.70. The summed E-state index contributed by atoms with van der Waals surface area (Å²) in [5.74, 6) is 1.00. The molecule has 3 aromatic rings. The highest BCUT2D eigenvalue weighted by molar-refractivity contribution is 5.84. The van der Waals surface area contributed by atoms with Crippen LogP contribution in [0.25, 0.3) is 11.1 Å². The Labute approximate surface area is 212 Å². The van der Waals surface area contributed by atoms with E-state index in [0.717, 1.165) is 49.7 Å². The molecular weight excluding hydrogens is 451 g/mol. The van der Waals surface area contributed by atoms with Gasteiger partial charge in [0.1, 0.15) is 23.8 Å². The van der Waals surface area contributed by atoms with E-state index in [1.165, 1.54) is 69.2 Å². The van der Waals surface area contributed by atoms with Crippen LogP contribution in [0, 0.1) is 5.82 Å². The van der Waals surface area contributed by atoms with Crippen molar-refractivity contribution in [3.8, 4) is 11.1 Å². The lowest BCUT2D eigenvalue weighted by atomic mass is 9.88. The van der Waals surface area contributed by atoms with Gasteiger partial charge in [0, 0.05) is 38.8 Å². The predicted octanol–water partition coefficient (Wildman–Crippen LogP) is 4.31. The first-order valence-corrected chi connectivity index (χ1v) is 13.4. The molecule has 7 heteroatoms. The fourth-order valence-electron chi connectivity index (χ4n) is 5.97. The molecule has 6 nitrogen and oxygen atoms in total. The first kappa shape index (κ1) is 23.4. The minimum atomic E-state index is -0.264. The van der Waals surface area contributed by atoms with Crippen molar-refractivity contribution in [3.05, 3.63) is 71.3 Å². The van der Waals surface area contributed by atoms with Crippen LogP contribution >= 0.6 is 0 Å². The topological polar surface area (TPSA) is 61.5 Å². The second-order valence-corrected chi connectivity index (χ2v) is 10.4. The number of nitrogen functional groups attached to an aromatic ring is 1. The zero-order valence-electron chi connectivity index (χ0n) is 20.9. The van der Waals surface area contributed by atoms with Gasteiger partial charge in [0.05, 0.1) is 5.56 Å². The number of benzene rings is 2. The largest absolute Gasteiger partial charge is 0.383 e. The Kier molecular flexibility index (Phi) is 6.59. The summed E-state index contributed by atoms with van der Waals surface area (Å²) in [6, 6.07) is 14.1. The van der Waals surface area contributed by atoms with E-state index in [1.807, 2.05) is 0 Å². The number of piperazine rings is 1. The van der Waals surface area contributed by atoms with Gasteiger partial charge in [-0.05, 0) is 79.6 Å². The molecule has 2 aromatic carbocycles. The summed E-state index contributed by atoms with van der Waals surface area (Å²) < 4.78 is 13.5. The van der Waals surface area contributed by atoms with Crippen molar-refractivity contribution < 1.29 is 4.39 Å². The van der Waals surface area contributed by atoms with Crippen LogP contribution in [-0.2, 0) is 12.8 Å². The molecular formula is C29H35FN6. The Morgan fingerprint density at radius 2 is 1.58 bits per heavy atom. The van der Waals surface area contributed by atoms with Crippen LogP contribution in [0.1, 0.15) is 42.0 Å². The molecule has 2 aliphatic heterocycles. The van der Waals surface area contributed by atoms with Crippen molar-refractivity contribution in [2.24, 2.45) is 0 Å². The Balaban J connectivity index is 1.23. The lowest BCUT2D eigenvalue weighted by molar-refractivity contribution is 0.0965. The minimum Gasteiger partial charge on any atom is -0.383 e. The van der Waals surface area contributed by atoms with Gasteiger partial charge in [-0.2, -0.15) is 0 Å². The molecule has 1 atom stereocenters. The molecule has 1 aliphatic carbocycles. The number of nitrogens with zero attached hydrogens (tertiary/aromatic N) is 5. The number of likely N-dealkylation sites (tertiary alicyclic amines) is 1. The van der Waals surface area contributed by atoms with Crippen LogP contribution in [0.4, 0.5) is 16.0 Å². The molecule has 0 saturated carbocycles. The van der Waals surface area contributed by atoms with Gasteiger partial charge < -0.3 is 15.5 Å². The van der Waals surface area contributed by atoms with Crippen LogP contribution in [-0.4, -0.2) is 65.6 Å². The van der Waals surface area contributed by atoms with E-state index < -0.39 is 0 Å². The lowest BCUT2D eigenvalue weighted by Crippen LogP contribution is -2.51. The van der Waals surface area contributed by atoms with E-state index in [1.54, 1.807) is 23.3 Å². The zero-order chi connectivity index (χ0) is 24.5. The van der Waals surface area contributed by atoms with E-state index >= 15 is 0 Å². The molecule has 0 bridgehead atoms. The van der Waals surface area contributed by atoms with Gasteiger partial charge in [0.15, 0.2) is 0 Å². The molecule has 0 spiro atoms. The van der Waals surface area contributed by atoms with Crippen molar-refractivity contribution in [2.75, 3.05) is 56.4 Å². The third-order valence-electron chi connectivity index (χ3n) is 8.18. The van der Waals surface area contributed by atoms with Crippen LogP contribution in [0.15, 0.2) is 48.8 Å². The van der Waals surface area contributed by atoms with Crippen molar-refractivity contribution >= 4 is 11.6 Å². The highest BCUT2D eigenvalue weighted by Gasteiger charge is 2.30. The SMILES string of the molecule is Nc1ncnc(N2CCN(C(CN3CCC3)c3ccc4c(c3)CCCC4)CC2)c1-c1ccc(F)cc1. The van der Waals surface area contributed by atoms with Gasteiger partial charge in [-0.3, -0.25) is 4.90 Å². The Bertz CT molecular complexity index is 1200. The van der Waals surface area contributed by atoms with Crippen molar-refractivity contribution in [1.82, 2.24) is 19.8 Å². The fraction of sp³-hybridized carbons (Fsp3) is 0.448. The number of hydrogen-bond acceptors (Lipinski definition) is 6. The number of halogens is 1. The lowest BCUT2D eigenvalue weighted by Gasteiger charge is -2.43. The molecule has 2 fully saturated rings. The molecule has 3 heterocycles. The van der Waals surface area contributed by atoms with Crippen molar-refractivity contribution in [3.63, 3.8) is 0 Å². The van der Waals surface area contributed by atoms with Crippen LogP contribution < -0.4 is 10.6 Å². The van der Waals surface area contributed by atoms with Crippen molar-refractivity contribution in [2.45, 2.75) is 38.1 Å². The maximum absolute atomic E-state index is 13.5. The average molecular weight is 487 g/mol. The van der Waals surface area contributed by atoms with Gasteiger partial charge >= 0.3 is 0 Å². The summed E-state index contributed by atoms with van der Waals surface area (Å²) in [7, 11) is 0. The third-order valence-corrected chi connectivity index (χ3v) is 8.18. The van der Waals surface area contributed by atoms with Crippen molar-refractivity contribution in [1.29, 1.82) is 0 Å². The maximum atomic E-state index is 13.5. The molecule has 0 radical (unpaired) electrons. The summed E-state index contributed by atoms with van der Waals surface area (Å²) in [4.78, 5) is 16.4. The van der Waals surface area contributed by atoms with E-state index in [-0.39, 0.29) is 5.82 Å².